The van der Waals surface area contributed by atoms with Gasteiger partial charge in [0.1, 0.15) is 6.61 Å². The van der Waals surface area contributed by atoms with Crippen molar-refractivity contribution in [2.24, 2.45) is 0 Å². The van der Waals surface area contributed by atoms with Crippen LogP contribution in [0.4, 0.5) is 11.4 Å². The molecule has 0 spiro atoms. The summed E-state index contributed by atoms with van der Waals surface area (Å²) in [6, 6.07) is 19.0. The molecule has 0 atom stereocenters. The number of rotatable bonds is 8. The van der Waals surface area contributed by atoms with Crippen LogP contribution < -0.4 is 14.4 Å². The van der Waals surface area contributed by atoms with Crippen LogP contribution in [0.15, 0.2) is 76.1 Å². The average Bonchev–Trinajstić information content (AvgIpc) is 3.11. The molecule has 0 N–H and O–H groups in total. The summed E-state index contributed by atoms with van der Waals surface area (Å²) >= 11 is 10.1. The number of nitro benzene ring substituents is 1. The van der Waals surface area contributed by atoms with E-state index in [1.54, 1.807) is 30.3 Å². The highest BCUT2D eigenvalue weighted by atomic mass is 79.9. The molecular weight excluding hydrogens is 552 g/mol. The Balaban J connectivity index is 1.52. The number of non-ortho nitro benzene ring substituents is 1. The summed E-state index contributed by atoms with van der Waals surface area (Å²) in [5.41, 5.74) is 2.29. The van der Waals surface area contributed by atoms with Crippen molar-refractivity contribution in [1.82, 2.24) is 0 Å². The number of thioether (sulfide) groups is 1. The van der Waals surface area contributed by atoms with Crippen LogP contribution in [0.25, 0.3) is 6.08 Å². The zero-order valence-electron chi connectivity index (χ0n) is 18.5. The lowest BCUT2D eigenvalue weighted by Gasteiger charge is -2.14. The van der Waals surface area contributed by atoms with Crippen molar-refractivity contribution < 1.29 is 19.2 Å². The van der Waals surface area contributed by atoms with E-state index in [-0.39, 0.29) is 18.2 Å². The molecule has 0 bridgehead atoms. The van der Waals surface area contributed by atoms with Gasteiger partial charge in [-0.15, -0.1) is 0 Å². The molecule has 3 aromatic rings. The van der Waals surface area contributed by atoms with Gasteiger partial charge in [0.25, 0.3) is 11.6 Å². The third-order valence-corrected chi connectivity index (χ3v) is 6.76. The summed E-state index contributed by atoms with van der Waals surface area (Å²) in [5, 5.41) is 10.8. The SMILES string of the molecule is CCOc1cc(/C=C2/SC(=S)N(c3cccc(Br)c3)C2=O)ccc1OCc1ccc([N+](=O)[O-])cc1. The Hall–Kier alpha value is -3.21. The quantitative estimate of drug-likeness (QED) is 0.128. The highest BCUT2D eigenvalue weighted by Crippen LogP contribution is 2.38. The summed E-state index contributed by atoms with van der Waals surface area (Å²) in [6.07, 6.45) is 1.78. The summed E-state index contributed by atoms with van der Waals surface area (Å²) in [5.74, 6) is 0.879. The Labute approximate surface area is 220 Å². The van der Waals surface area contributed by atoms with Crippen LogP contribution >= 0.6 is 39.9 Å². The van der Waals surface area contributed by atoms with Gasteiger partial charge in [0.2, 0.25) is 0 Å². The fourth-order valence-electron chi connectivity index (χ4n) is 3.33. The van der Waals surface area contributed by atoms with Crippen molar-refractivity contribution >= 4 is 67.6 Å². The van der Waals surface area contributed by atoms with Crippen molar-refractivity contribution in [2.75, 3.05) is 11.5 Å². The second kappa shape index (κ2) is 11.0. The van der Waals surface area contributed by atoms with Gasteiger partial charge in [-0.05, 0) is 66.6 Å². The van der Waals surface area contributed by atoms with E-state index in [2.05, 4.69) is 15.9 Å². The lowest BCUT2D eigenvalue weighted by atomic mass is 10.1. The minimum absolute atomic E-state index is 0.0263. The molecule has 0 saturated carbocycles. The molecule has 0 radical (unpaired) electrons. The fourth-order valence-corrected chi connectivity index (χ4v) is 5.02. The van der Waals surface area contributed by atoms with Gasteiger partial charge in [-0.25, -0.2) is 0 Å². The van der Waals surface area contributed by atoms with Gasteiger partial charge >= 0.3 is 0 Å². The van der Waals surface area contributed by atoms with Crippen molar-refractivity contribution in [1.29, 1.82) is 0 Å². The Morgan fingerprint density at radius 2 is 1.86 bits per heavy atom. The zero-order valence-corrected chi connectivity index (χ0v) is 21.7. The summed E-state index contributed by atoms with van der Waals surface area (Å²) in [6.45, 7) is 2.53. The molecule has 0 aromatic heterocycles. The zero-order chi connectivity index (χ0) is 24.9. The molecule has 10 heteroatoms. The first kappa shape index (κ1) is 24.9. The fraction of sp³-hybridized carbons (Fsp3) is 0.120. The van der Waals surface area contributed by atoms with Gasteiger partial charge < -0.3 is 9.47 Å². The predicted octanol–water partition coefficient (Wildman–Crippen LogP) is 6.74. The predicted molar refractivity (Wildman–Crippen MR) is 145 cm³/mol. The number of carbonyl (C=O) groups is 1. The van der Waals surface area contributed by atoms with Crippen LogP contribution in [0.5, 0.6) is 11.5 Å². The molecule has 4 rings (SSSR count). The van der Waals surface area contributed by atoms with Crippen LogP contribution in [0.1, 0.15) is 18.1 Å². The van der Waals surface area contributed by atoms with Crippen LogP contribution in [0.3, 0.4) is 0 Å². The van der Waals surface area contributed by atoms with Gasteiger partial charge in [-0.3, -0.25) is 19.8 Å². The van der Waals surface area contributed by atoms with Crippen molar-refractivity contribution in [2.45, 2.75) is 13.5 Å². The highest BCUT2D eigenvalue weighted by Gasteiger charge is 2.33. The number of ether oxygens (including phenoxy) is 2. The minimum atomic E-state index is -0.441. The average molecular weight is 571 g/mol. The first-order chi connectivity index (χ1) is 16.9. The maximum absolute atomic E-state index is 13.1. The smallest absolute Gasteiger partial charge is 0.270 e. The van der Waals surface area contributed by atoms with E-state index in [0.29, 0.717) is 33.0 Å². The summed E-state index contributed by atoms with van der Waals surface area (Å²) < 4.78 is 13.0. The Morgan fingerprint density at radius 3 is 2.54 bits per heavy atom. The highest BCUT2D eigenvalue weighted by molar-refractivity contribution is 9.10. The van der Waals surface area contributed by atoms with Crippen molar-refractivity contribution in [3.05, 3.63) is 97.3 Å². The van der Waals surface area contributed by atoms with E-state index in [4.69, 9.17) is 21.7 Å². The van der Waals surface area contributed by atoms with E-state index in [1.807, 2.05) is 37.3 Å². The van der Waals surface area contributed by atoms with E-state index >= 15 is 0 Å². The maximum atomic E-state index is 13.1. The molecule has 1 amide bonds. The van der Waals surface area contributed by atoms with E-state index in [1.165, 1.54) is 28.8 Å². The van der Waals surface area contributed by atoms with Gasteiger partial charge in [0.05, 0.1) is 22.1 Å². The summed E-state index contributed by atoms with van der Waals surface area (Å²) in [7, 11) is 0. The number of halogens is 1. The molecule has 1 fully saturated rings. The molecule has 1 saturated heterocycles. The molecule has 35 heavy (non-hydrogen) atoms. The number of nitro groups is 1. The minimum Gasteiger partial charge on any atom is -0.490 e. The Morgan fingerprint density at radius 1 is 1.09 bits per heavy atom. The molecule has 1 aliphatic rings. The first-order valence-corrected chi connectivity index (χ1v) is 12.5. The second-order valence-electron chi connectivity index (χ2n) is 7.35. The number of hydrogen-bond acceptors (Lipinski definition) is 7. The standard InChI is InChI=1S/C25H19BrN2O5S2/c1-2-32-22-12-17(8-11-21(22)33-15-16-6-9-19(10-7-16)28(30)31)13-23-24(29)27(25(34)35-23)20-5-3-4-18(26)14-20/h3-14H,2,15H2,1H3/b23-13+. The molecule has 3 aromatic carbocycles. The van der Waals surface area contributed by atoms with Crippen LogP contribution in [0, 0.1) is 10.1 Å². The molecule has 7 nitrogen and oxygen atoms in total. The largest absolute Gasteiger partial charge is 0.490 e. The van der Waals surface area contributed by atoms with E-state index in [0.717, 1.165) is 15.6 Å². The van der Waals surface area contributed by atoms with E-state index in [9.17, 15) is 14.9 Å². The summed E-state index contributed by atoms with van der Waals surface area (Å²) in [4.78, 5) is 25.5. The number of amides is 1. The van der Waals surface area contributed by atoms with E-state index < -0.39 is 4.92 Å². The van der Waals surface area contributed by atoms with Crippen LogP contribution in [-0.2, 0) is 11.4 Å². The normalized spacial score (nSPS) is 14.5. The monoisotopic (exact) mass is 570 g/mol. The second-order valence-corrected chi connectivity index (χ2v) is 9.94. The molecule has 1 aliphatic heterocycles. The van der Waals surface area contributed by atoms with Crippen LogP contribution in [0.2, 0.25) is 0 Å². The first-order valence-electron chi connectivity index (χ1n) is 10.5. The molecule has 178 valence electrons. The van der Waals surface area contributed by atoms with Gasteiger partial charge in [-0.1, -0.05) is 52.0 Å². The van der Waals surface area contributed by atoms with Crippen molar-refractivity contribution in [3.8, 4) is 11.5 Å². The molecule has 0 unspecified atom stereocenters. The molecular formula is C25H19BrN2O5S2. The van der Waals surface area contributed by atoms with Gasteiger partial charge in [0.15, 0.2) is 15.8 Å². The number of nitrogens with zero attached hydrogens (tertiary/aromatic N) is 2. The molecule has 1 heterocycles. The number of thiocarbonyl (C=S) groups is 1. The topological polar surface area (TPSA) is 81.9 Å². The lowest BCUT2D eigenvalue weighted by molar-refractivity contribution is -0.384. The Kier molecular flexibility index (Phi) is 7.84. The number of anilines is 1. The third-order valence-electron chi connectivity index (χ3n) is 4.97. The Bertz CT molecular complexity index is 1330. The molecule has 0 aliphatic carbocycles. The lowest BCUT2D eigenvalue weighted by Crippen LogP contribution is -2.27. The maximum Gasteiger partial charge on any atom is 0.270 e. The number of hydrogen-bond donors (Lipinski definition) is 0. The van der Waals surface area contributed by atoms with Crippen LogP contribution in [-0.4, -0.2) is 21.8 Å². The van der Waals surface area contributed by atoms with Gasteiger partial charge in [0, 0.05) is 16.6 Å². The van der Waals surface area contributed by atoms with Gasteiger partial charge in [-0.2, -0.15) is 0 Å². The number of benzene rings is 3. The number of carbonyl (C=O) groups excluding carboxylic acids is 1. The third kappa shape index (κ3) is 5.90. The van der Waals surface area contributed by atoms with Crippen molar-refractivity contribution in [3.63, 3.8) is 0 Å².